The summed E-state index contributed by atoms with van der Waals surface area (Å²) in [4.78, 5) is 11.4. The van der Waals surface area contributed by atoms with Crippen molar-refractivity contribution in [3.05, 3.63) is 0 Å². The van der Waals surface area contributed by atoms with Gasteiger partial charge >= 0.3 is 35.5 Å². The summed E-state index contributed by atoms with van der Waals surface area (Å²) < 4.78 is 0. The predicted molar refractivity (Wildman–Crippen MR) is 51.8 cm³/mol. The number of carboxylic acids is 1. The van der Waals surface area contributed by atoms with Gasteiger partial charge in [-0.15, -0.1) is 0 Å². The molecule has 0 aromatic carbocycles. The number of aliphatic hydroxyl groups excluding tert-OH is 1. The molecule has 2 bridgehead atoms. The van der Waals surface area contributed by atoms with Crippen LogP contribution in [0, 0.1) is 16.2 Å². The first-order chi connectivity index (χ1) is 6.28. The van der Waals surface area contributed by atoms with Crippen molar-refractivity contribution in [3.63, 3.8) is 0 Å². The summed E-state index contributed by atoms with van der Waals surface area (Å²) >= 11 is 0. The number of hydrogen-bond acceptors (Lipinski definition) is 2. The topological polar surface area (TPSA) is 57.5 Å². The summed E-state index contributed by atoms with van der Waals surface area (Å²) in [6.07, 6.45) is 1.50. The van der Waals surface area contributed by atoms with Crippen LogP contribution in [0.4, 0.5) is 0 Å². The van der Waals surface area contributed by atoms with Crippen molar-refractivity contribution in [2.45, 2.75) is 46.1 Å². The first kappa shape index (κ1) is 13.5. The molecule has 0 saturated heterocycles. The van der Waals surface area contributed by atoms with E-state index in [0.717, 1.165) is 6.42 Å². The molecule has 0 spiro atoms. The Kier molecular flexibility index (Phi) is 3.11. The number of carboxylic acid groups (broad SMARTS) is 1. The van der Waals surface area contributed by atoms with E-state index in [2.05, 4.69) is 0 Å². The van der Waals surface area contributed by atoms with Gasteiger partial charge in [-0.1, -0.05) is 20.8 Å². The SMILES string of the molecule is CC12CCC(C(=O)O)(CC1O)C2(C)C.[Na+]. The number of rotatable bonds is 1. The van der Waals surface area contributed by atoms with Crippen LogP contribution >= 0.6 is 0 Å². The fourth-order valence-electron chi connectivity index (χ4n) is 3.60. The van der Waals surface area contributed by atoms with Crippen LogP contribution in [-0.2, 0) is 4.79 Å². The number of aliphatic hydroxyl groups is 1. The summed E-state index contributed by atoms with van der Waals surface area (Å²) in [6, 6.07) is 0. The van der Waals surface area contributed by atoms with Gasteiger partial charge in [0.05, 0.1) is 11.5 Å². The Morgan fingerprint density at radius 3 is 2.00 bits per heavy atom. The Hall–Kier alpha value is 0.430. The third kappa shape index (κ3) is 1.24. The van der Waals surface area contributed by atoms with Crippen LogP contribution in [0.3, 0.4) is 0 Å². The van der Waals surface area contributed by atoms with Gasteiger partial charge in [-0.25, -0.2) is 0 Å². The summed E-state index contributed by atoms with van der Waals surface area (Å²) in [5.41, 5.74) is -1.21. The second-order valence-corrected chi connectivity index (χ2v) is 5.65. The molecular formula is C11H18NaO3+. The molecule has 2 fully saturated rings. The summed E-state index contributed by atoms with van der Waals surface area (Å²) in [5, 5.41) is 19.3. The summed E-state index contributed by atoms with van der Waals surface area (Å²) in [5.74, 6) is -0.734. The Labute approximate surface area is 113 Å². The monoisotopic (exact) mass is 221 g/mol. The van der Waals surface area contributed by atoms with Gasteiger partial charge in [0.2, 0.25) is 0 Å². The van der Waals surface area contributed by atoms with Gasteiger partial charge in [0.25, 0.3) is 0 Å². The molecule has 2 N–H and O–H groups in total. The molecule has 3 atom stereocenters. The van der Waals surface area contributed by atoms with Gasteiger partial charge < -0.3 is 10.2 Å². The minimum atomic E-state index is -0.734. The maximum absolute atomic E-state index is 11.4. The first-order valence-corrected chi connectivity index (χ1v) is 5.19. The molecule has 2 aliphatic carbocycles. The summed E-state index contributed by atoms with van der Waals surface area (Å²) in [7, 11) is 0. The van der Waals surface area contributed by atoms with Gasteiger partial charge in [0.15, 0.2) is 0 Å². The normalized spacial score (nSPS) is 46.3. The van der Waals surface area contributed by atoms with Gasteiger partial charge in [0, 0.05) is 0 Å². The van der Waals surface area contributed by atoms with Crippen LogP contribution < -0.4 is 29.6 Å². The smallest absolute Gasteiger partial charge is 0.481 e. The van der Waals surface area contributed by atoms with Crippen molar-refractivity contribution >= 4 is 5.97 Å². The zero-order chi connectivity index (χ0) is 10.8. The van der Waals surface area contributed by atoms with E-state index in [-0.39, 0.29) is 40.4 Å². The summed E-state index contributed by atoms with van der Waals surface area (Å²) in [6.45, 7) is 6.00. The van der Waals surface area contributed by atoms with Crippen LogP contribution in [0.25, 0.3) is 0 Å². The molecule has 2 aliphatic rings. The molecule has 0 aromatic rings. The van der Waals surface area contributed by atoms with Crippen LogP contribution in [-0.4, -0.2) is 22.3 Å². The Morgan fingerprint density at radius 1 is 1.27 bits per heavy atom. The van der Waals surface area contributed by atoms with E-state index >= 15 is 0 Å². The number of carbonyl (C=O) groups is 1. The second kappa shape index (κ2) is 3.46. The van der Waals surface area contributed by atoms with Crippen LogP contribution in [0.1, 0.15) is 40.0 Å². The van der Waals surface area contributed by atoms with Crippen molar-refractivity contribution in [1.29, 1.82) is 0 Å². The average Bonchev–Trinajstić information content (AvgIpc) is 2.34. The van der Waals surface area contributed by atoms with E-state index < -0.39 is 17.5 Å². The van der Waals surface area contributed by atoms with Crippen LogP contribution in [0.2, 0.25) is 0 Å². The van der Waals surface area contributed by atoms with Gasteiger partial charge in [-0.3, -0.25) is 4.79 Å². The molecule has 0 heterocycles. The zero-order valence-corrected chi connectivity index (χ0v) is 12.0. The van der Waals surface area contributed by atoms with Crippen molar-refractivity contribution < 1.29 is 44.6 Å². The molecule has 0 aliphatic heterocycles. The zero-order valence-electron chi connectivity index (χ0n) is 10.0. The number of fused-ring (bicyclic) bond motifs is 2. The predicted octanol–water partition coefficient (Wildman–Crippen LogP) is -1.35. The third-order valence-corrected chi connectivity index (χ3v) is 5.38. The minimum absolute atomic E-state index is 0. The van der Waals surface area contributed by atoms with Crippen molar-refractivity contribution in [2.75, 3.05) is 0 Å². The van der Waals surface area contributed by atoms with Gasteiger partial charge in [-0.05, 0) is 30.1 Å². The molecule has 2 saturated carbocycles. The quantitative estimate of drug-likeness (QED) is 0.538. The van der Waals surface area contributed by atoms with Crippen molar-refractivity contribution in [1.82, 2.24) is 0 Å². The maximum atomic E-state index is 11.4. The van der Waals surface area contributed by atoms with E-state index in [0.29, 0.717) is 12.8 Å². The fraction of sp³-hybridized carbons (Fsp3) is 0.909. The Bertz CT molecular complexity index is 302. The molecule has 0 amide bonds. The Balaban J connectivity index is 0.00000112. The van der Waals surface area contributed by atoms with E-state index in [1.165, 1.54) is 0 Å². The van der Waals surface area contributed by atoms with Gasteiger partial charge in [-0.2, -0.15) is 0 Å². The van der Waals surface area contributed by atoms with Crippen molar-refractivity contribution in [3.8, 4) is 0 Å². The fourth-order valence-corrected chi connectivity index (χ4v) is 3.60. The van der Waals surface area contributed by atoms with Gasteiger partial charge in [0.1, 0.15) is 0 Å². The molecule has 0 aromatic heterocycles. The third-order valence-electron chi connectivity index (χ3n) is 5.38. The van der Waals surface area contributed by atoms with E-state index in [1.54, 1.807) is 0 Å². The molecule has 0 radical (unpaired) electrons. The number of hydrogen-bond donors (Lipinski definition) is 2. The second-order valence-electron chi connectivity index (χ2n) is 5.65. The van der Waals surface area contributed by atoms with E-state index in [4.69, 9.17) is 0 Å². The van der Waals surface area contributed by atoms with Crippen LogP contribution in [0.15, 0.2) is 0 Å². The molecule has 3 unspecified atom stereocenters. The molecule has 3 nitrogen and oxygen atoms in total. The molecule has 80 valence electrons. The molecule has 4 heteroatoms. The minimum Gasteiger partial charge on any atom is -0.481 e. The van der Waals surface area contributed by atoms with E-state index in [1.807, 2.05) is 20.8 Å². The number of aliphatic carboxylic acids is 1. The largest absolute Gasteiger partial charge is 1.00 e. The molecular weight excluding hydrogens is 203 g/mol. The van der Waals surface area contributed by atoms with E-state index in [9.17, 15) is 15.0 Å². The average molecular weight is 221 g/mol. The first-order valence-electron chi connectivity index (χ1n) is 5.19. The molecule has 2 rings (SSSR count). The Morgan fingerprint density at radius 2 is 1.80 bits per heavy atom. The van der Waals surface area contributed by atoms with Crippen LogP contribution in [0.5, 0.6) is 0 Å². The standard InChI is InChI=1S/C11H18O3.Na/c1-9(2)10(3)4-5-11(9,8(13)14)6-7(10)12;/h7,12H,4-6H2,1-3H3,(H,13,14);/q;+1. The maximum Gasteiger partial charge on any atom is 1.00 e. The van der Waals surface area contributed by atoms with Crippen molar-refractivity contribution in [2.24, 2.45) is 16.2 Å². The molecule has 15 heavy (non-hydrogen) atoms.